The molecular weight excluding hydrogens is 382 g/mol. The van der Waals surface area contributed by atoms with Crippen LogP contribution in [0.25, 0.3) is 0 Å². The van der Waals surface area contributed by atoms with Gasteiger partial charge in [-0.1, -0.05) is 28.6 Å². The number of thiazole rings is 1. The Balaban J connectivity index is 1.53. The molecule has 0 spiro atoms. The second-order valence-corrected chi connectivity index (χ2v) is 7.01. The number of benzene rings is 1. The maximum absolute atomic E-state index is 12.2. The molecule has 0 unspecified atom stereocenters. The van der Waals surface area contributed by atoms with Gasteiger partial charge >= 0.3 is 5.97 Å². The zero-order valence-electron chi connectivity index (χ0n) is 15.6. The Morgan fingerprint density at radius 1 is 1.21 bits per heavy atom. The van der Waals surface area contributed by atoms with E-state index in [0.29, 0.717) is 22.4 Å². The number of ether oxygens (including phenoxy) is 2. The van der Waals surface area contributed by atoms with Gasteiger partial charge in [0.2, 0.25) is 5.91 Å². The minimum Gasteiger partial charge on any atom is -0.489 e. The number of carbonyl (C=O) groups is 2. The second kappa shape index (κ2) is 8.66. The average molecular weight is 401 g/mol. The van der Waals surface area contributed by atoms with Crippen molar-refractivity contribution in [1.29, 1.82) is 0 Å². The molecular formula is C19H19N3O5S. The Morgan fingerprint density at radius 3 is 2.61 bits per heavy atom. The van der Waals surface area contributed by atoms with Crippen LogP contribution in [-0.4, -0.2) is 29.1 Å². The summed E-state index contributed by atoms with van der Waals surface area (Å²) in [6, 6.07) is 7.26. The summed E-state index contributed by atoms with van der Waals surface area (Å²) in [5, 5.41) is 6.92. The maximum Gasteiger partial charge on any atom is 0.349 e. The normalized spacial score (nSPS) is 10.5. The molecule has 0 aliphatic rings. The van der Waals surface area contributed by atoms with Gasteiger partial charge in [-0.3, -0.25) is 4.79 Å². The minimum atomic E-state index is -0.481. The van der Waals surface area contributed by atoms with Crippen LogP contribution in [0, 0.1) is 13.8 Å². The molecule has 146 valence electrons. The van der Waals surface area contributed by atoms with Crippen LogP contribution in [0.3, 0.4) is 0 Å². The number of esters is 1. The third kappa shape index (κ3) is 4.74. The zero-order valence-corrected chi connectivity index (χ0v) is 16.5. The maximum atomic E-state index is 12.2. The molecule has 1 aromatic carbocycles. The van der Waals surface area contributed by atoms with E-state index in [1.165, 1.54) is 13.3 Å². The second-order valence-electron chi connectivity index (χ2n) is 5.98. The van der Waals surface area contributed by atoms with Gasteiger partial charge in [-0.2, -0.15) is 0 Å². The molecule has 28 heavy (non-hydrogen) atoms. The van der Waals surface area contributed by atoms with Crippen LogP contribution < -0.4 is 10.1 Å². The van der Waals surface area contributed by atoms with E-state index in [0.717, 1.165) is 33.9 Å². The van der Waals surface area contributed by atoms with E-state index < -0.39 is 5.97 Å². The van der Waals surface area contributed by atoms with Crippen molar-refractivity contribution in [2.45, 2.75) is 26.9 Å². The van der Waals surface area contributed by atoms with Crippen LogP contribution >= 0.6 is 11.3 Å². The molecule has 0 bridgehead atoms. The lowest BCUT2D eigenvalue weighted by Crippen LogP contribution is -2.14. The summed E-state index contributed by atoms with van der Waals surface area (Å²) < 4.78 is 15.5. The summed E-state index contributed by atoms with van der Waals surface area (Å²) in [4.78, 5) is 27.9. The quantitative estimate of drug-likeness (QED) is 0.606. The van der Waals surface area contributed by atoms with Crippen molar-refractivity contribution in [2.24, 2.45) is 0 Å². The molecule has 3 aromatic rings. The number of hydrogen-bond acceptors (Lipinski definition) is 8. The van der Waals surface area contributed by atoms with Gasteiger partial charge in [0.05, 0.1) is 31.0 Å². The van der Waals surface area contributed by atoms with Crippen LogP contribution in [0.15, 0.2) is 35.0 Å². The lowest BCUT2D eigenvalue weighted by Gasteiger charge is -2.07. The van der Waals surface area contributed by atoms with Gasteiger partial charge < -0.3 is 19.3 Å². The van der Waals surface area contributed by atoms with Crippen molar-refractivity contribution in [2.75, 3.05) is 12.4 Å². The lowest BCUT2D eigenvalue weighted by molar-refractivity contribution is -0.115. The molecule has 3 rings (SSSR count). The number of amides is 1. The van der Waals surface area contributed by atoms with Gasteiger partial charge in [-0.15, -0.1) is 0 Å². The molecule has 0 saturated heterocycles. The van der Waals surface area contributed by atoms with E-state index >= 15 is 0 Å². The predicted octanol–water partition coefficient (Wildman–Crippen LogP) is 3.29. The topological polar surface area (TPSA) is 104 Å². The van der Waals surface area contributed by atoms with Crippen LogP contribution in [0.2, 0.25) is 0 Å². The molecule has 1 N–H and O–H groups in total. The van der Waals surface area contributed by atoms with E-state index in [4.69, 9.17) is 9.26 Å². The molecule has 9 heteroatoms. The van der Waals surface area contributed by atoms with Crippen LogP contribution in [-0.2, 0) is 22.6 Å². The fraction of sp³-hybridized carbons (Fsp3) is 0.263. The number of aryl methyl sites for hydroxylation is 2. The summed E-state index contributed by atoms with van der Waals surface area (Å²) >= 11 is 1.06. The van der Waals surface area contributed by atoms with Crippen molar-refractivity contribution in [3.8, 4) is 5.75 Å². The molecule has 2 aromatic heterocycles. The first-order chi connectivity index (χ1) is 13.5. The fourth-order valence-corrected chi connectivity index (χ4v) is 3.19. The summed E-state index contributed by atoms with van der Waals surface area (Å²) in [6.07, 6.45) is 1.55. The fourth-order valence-electron chi connectivity index (χ4n) is 2.44. The number of methoxy groups -OCH3 is 1. The molecule has 0 aliphatic heterocycles. The van der Waals surface area contributed by atoms with Crippen LogP contribution in [0.4, 0.5) is 5.13 Å². The average Bonchev–Trinajstić information content (AvgIpc) is 3.27. The van der Waals surface area contributed by atoms with Crippen molar-refractivity contribution >= 4 is 28.3 Å². The number of hydrogen-bond donors (Lipinski definition) is 1. The highest BCUT2D eigenvalue weighted by Gasteiger charge is 2.13. The molecule has 0 saturated carbocycles. The Morgan fingerprint density at radius 2 is 1.96 bits per heavy atom. The van der Waals surface area contributed by atoms with Crippen LogP contribution in [0.5, 0.6) is 5.75 Å². The predicted molar refractivity (Wildman–Crippen MR) is 103 cm³/mol. The van der Waals surface area contributed by atoms with Gasteiger partial charge in [0.15, 0.2) is 5.13 Å². The SMILES string of the molecule is COC(=O)c1cnc(NC(=O)Cc2ccc(OCc3c(C)noc3C)cc2)s1. The molecule has 0 atom stereocenters. The third-order valence-corrected chi connectivity index (χ3v) is 4.88. The number of nitrogens with zero attached hydrogens (tertiary/aromatic N) is 2. The number of anilines is 1. The molecule has 0 aliphatic carbocycles. The van der Waals surface area contributed by atoms with Gasteiger partial charge in [0.1, 0.15) is 23.0 Å². The minimum absolute atomic E-state index is 0.178. The Kier molecular flexibility index (Phi) is 6.05. The van der Waals surface area contributed by atoms with Gasteiger partial charge in [0, 0.05) is 0 Å². The van der Waals surface area contributed by atoms with E-state index in [2.05, 4.69) is 20.2 Å². The molecule has 0 radical (unpaired) electrons. The smallest absolute Gasteiger partial charge is 0.349 e. The number of rotatable bonds is 7. The van der Waals surface area contributed by atoms with Gasteiger partial charge in [0.25, 0.3) is 0 Å². The lowest BCUT2D eigenvalue weighted by atomic mass is 10.1. The van der Waals surface area contributed by atoms with E-state index in [1.54, 1.807) is 12.1 Å². The third-order valence-electron chi connectivity index (χ3n) is 3.99. The van der Waals surface area contributed by atoms with Crippen LogP contribution in [0.1, 0.15) is 32.3 Å². The van der Waals surface area contributed by atoms with Crippen molar-refractivity contribution in [1.82, 2.24) is 10.1 Å². The van der Waals surface area contributed by atoms with E-state index in [9.17, 15) is 9.59 Å². The largest absolute Gasteiger partial charge is 0.489 e. The van der Waals surface area contributed by atoms with Crippen molar-refractivity contribution in [3.05, 3.63) is 57.9 Å². The van der Waals surface area contributed by atoms with Gasteiger partial charge in [-0.25, -0.2) is 9.78 Å². The number of nitrogens with one attached hydrogen (secondary N) is 1. The van der Waals surface area contributed by atoms with E-state index in [-0.39, 0.29) is 12.3 Å². The summed E-state index contributed by atoms with van der Waals surface area (Å²) in [7, 11) is 1.29. The highest BCUT2D eigenvalue weighted by atomic mass is 32.1. The first-order valence-corrected chi connectivity index (χ1v) is 9.25. The van der Waals surface area contributed by atoms with E-state index in [1.807, 2.05) is 26.0 Å². The molecule has 8 nitrogen and oxygen atoms in total. The summed E-state index contributed by atoms with van der Waals surface area (Å²) in [5.41, 5.74) is 2.56. The Bertz CT molecular complexity index is 958. The standard InChI is InChI=1S/C19H19N3O5S/c1-11-15(12(2)27-22-11)10-26-14-6-4-13(5-7-14)8-17(23)21-19-20-9-16(28-19)18(24)25-3/h4-7,9H,8,10H2,1-3H3,(H,20,21,23). The first-order valence-electron chi connectivity index (χ1n) is 8.43. The van der Waals surface area contributed by atoms with Gasteiger partial charge in [-0.05, 0) is 31.5 Å². The highest BCUT2D eigenvalue weighted by Crippen LogP contribution is 2.20. The summed E-state index contributed by atoms with van der Waals surface area (Å²) in [5.74, 6) is 0.718. The van der Waals surface area contributed by atoms with Crippen molar-refractivity contribution < 1.29 is 23.6 Å². The number of carbonyl (C=O) groups excluding carboxylic acids is 2. The number of aromatic nitrogens is 2. The molecule has 1 amide bonds. The van der Waals surface area contributed by atoms with Crippen molar-refractivity contribution in [3.63, 3.8) is 0 Å². The highest BCUT2D eigenvalue weighted by molar-refractivity contribution is 7.17. The first kappa shape index (κ1) is 19.6. The zero-order chi connectivity index (χ0) is 20.1. The Hall–Kier alpha value is -3.20. The molecule has 0 fully saturated rings. The molecule has 2 heterocycles. The Labute approximate surface area is 165 Å². The monoisotopic (exact) mass is 401 g/mol. The summed E-state index contributed by atoms with van der Waals surface area (Å²) in [6.45, 7) is 4.08.